The first-order valence-electron chi connectivity index (χ1n) is 12.2. The van der Waals surface area contributed by atoms with Crippen molar-refractivity contribution in [3.63, 3.8) is 0 Å². The summed E-state index contributed by atoms with van der Waals surface area (Å²) in [4.78, 5) is 20.1. The van der Waals surface area contributed by atoms with Gasteiger partial charge in [-0.2, -0.15) is 0 Å². The number of piperidine rings is 1. The minimum Gasteiger partial charge on any atom is -0.354 e. The fraction of sp³-hybridized carbons (Fsp3) is 0.444. The number of aromatic amines is 1. The number of fused-ring (bicyclic) bond motifs is 2. The molecule has 1 amide bonds. The van der Waals surface area contributed by atoms with Gasteiger partial charge in [0, 0.05) is 35.8 Å². The maximum absolute atomic E-state index is 12.4. The Morgan fingerprint density at radius 1 is 1.18 bits per heavy atom. The van der Waals surface area contributed by atoms with E-state index in [4.69, 9.17) is 0 Å². The zero-order valence-corrected chi connectivity index (χ0v) is 20.8. The normalized spacial score (nSPS) is 15.3. The van der Waals surface area contributed by atoms with Crippen molar-refractivity contribution in [2.75, 3.05) is 33.7 Å². The number of aromatic nitrogens is 4. The minimum absolute atomic E-state index is 0.233. The van der Waals surface area contributed by atoms with Gasteiger partial charge < -0.3 is 14.8 Å². The van der Waals surface area contributed by atoms with Gasteiger partial charge in [-0.15, -0.1) is 5.10 Å². The Morgan fingerprint density at radius 3 is 2.65 bits per heavy atom. The summed E-state index contributed by atoms with van der Waals surface area (Å²) in [6, 6.07) is 11.2. The molecule has 0 aliphatic carbocycles. The van der Waals surface area contributed by atoms with Gasteiger partial charge in [-0.05, 0) is 81.1 Å². The lowest BCUT2D eigenvalue weighted by molar-refractivity contribution is -0.132. The van der Waals surface area contributed by atoms with Crippen LogP contribution in [0.1, 0.15) is 55.3 Å². The standard InChI is InChI=1S/C27H34N6O/c1-17(2)26-22-14-20(19-8-11-32(12-9-19)25(34)16-31(4)5)6-7-23(22)28-27(26)21-10-13-33-24(15-21)18(3)29-30-33/h6-7,10,13-15,17,19,28H,8-9,11-12,16H2,1-5H3. The average Bonchev–Trinajstić information content (AvgIpc) is 3.38. The molecule has 7 nitrogen and oxygen atoms in total. The molecule has 1 saturated heterocycles. The number of carbonyl (C=O) groups is 1. The van der Waals surface area contributed by atoms with E-state index in [-0.39, 0.29) is 5.91 Å². The number of likely N-dealkylation sites (N-methyl/N-ethyl adjacent to an activating group) is 1. The number of hydrogen-bond donors (Lipinski definition) is 1. The summed E-state index contributed by atoms with van der Waals surface area (Å²) >= 11 is 0. The van der Waals surface area contributed by atoms with Gasteiger partial charge in [0.25, 0.3) is 0 Å². The molecule has 1 aromatic carbocycles. The zero-order chi connectivity index (χ0) is 24.0. The van der Waals surface area contributed by atoms with Gasteiger partial charge in [0.05, 0.1) is 23.4 Å². The summed E-state index contributed by atoms with van der Waals surface area (Å²) in [7, 11) is 3.89. The molecule has 0 bridgehead atoms. The number of nitrogens with one attached hydrogen (secondary N) is 1. The molecule has 1 aliphatic rings. The number of rotatable bonds is 5. The Labute approximate surface area is 200 Å². The monoisotopic (exact) mass is 458 g/mol. The first-order chi connectivity index (χ1) is 16.3. The number of aryl methyl sites for hydroxylation is 1. The number of pyridine rings is 1. The summed E-state index contributed by atoms with van der Waals surface area (Å²) in [6.07, 6.45) is 4.02. The van der Waals surface area contributed by atoms with Crippen LogP contribution < -0.4 is 0 Å². The number of H-pyrrole nitrogens is 1. The maximum atomic E-state index is 12.4. The topological polar surface area (TPSA) is 69.5 Å². The van der Waals surface area contributed by atoms with Gasteiger partial charge in [-0.25, -0.2) is 4.52 Å². The average molecular weight is 459 g/mol. The van der Waals surface area contributed by atoms with Crippen molar-refractivity contribution in [3.05, 3.63) is 53.3 Å². The molecule has 4 heterocycles. The van der Waals surface area contributed by atoms with Crippen molar-refractivity contribution < 1.29 is 4.79 Å². The summed E-state index contributed by atoms with van der Waals surface area (Å²) in [5.41, 5.74) is 8.20. The highest BCUT2D eigenvalue weighted by atomic mass is 16.2. The largest absolute Gasteiger partial charge is 0.354 e. The van der Waals surface area contributed by atoms with Crippen molar-refractivity contribution in [3.8, 4) is 11.3 Å². The highest BCUT2D eigenvalue weighted by molar-refractivity contribution is 5.92. The quantitative estimate of drug-likeness (QED) is 0.475. The van der Waals surface area contributed by atoms with Crippen molar-refractivity contribution >= 4 is 22.3 Å². The highest BCUT2D eigenvalue weighted by Gasteiger charge is 2.25. The molecule has 4 aromatic rings. The smallest absolute Gasteiger partial charge is 0.236 e. The summed E-state index contributed by atoms with van der Waals surface area (Å²) < 4.78 is 1.82. The van der Waals surface area contributed by atoms with Gasteiger partial charge in [-0.3, -0.25) is 4.79 Å². The molecule has 1 aliphatic heterocycles. The molecular formula is C27H34N6O. The summed E-state index contributed by atoms with van der Waals surface area (Å²) in [6.45, 7) is 8.68. The van der Waals surface area contributed by atoms with E-state index in [1.807, 2.05) is 41.5 Å². The van der Waals surface area contributed by atoms with E-state index in [2.05, 4.69) is 59.5 Å². The summed E-state index contributed by atoms with van der Waals surface area (Å²) in [5, 5.41) is 9.68. The lowest BCUT2D eigenvalue weighted by Gasteiger charge is -2.33. The molecule has 7 heteroatoms. The van der Waals surface area contributed by atoms with E-state index >= 15 is 0 Å². The number of amides is 1. The van der Waals surface area contributed by atoms with Crippen LogP contribution in [-0.4, -0.2) is 69.2 Å². The second-order valence-corrected chi connectivity index (χ2v) is 10.2. The Hall–Kier alpha value is -3.19. The molecule has 5 rings (SSSR count). The predicted molar refractivity (Wildman–Crippen MR) is 136 cm³/mol. The molecular weight excluding hydrogens is 424 g/mol. The van der Waals surface area contributed by atoms with E-state index in [1.54, 1.807) is 0 Å². The Balaban J connectivity index is 1.46. The lowest BCUT2D eigenvalue weighted by atomic mass is 9.87. The van der Waals surface area contributed by atoms with Crippen LogP contribution in [-0.2, 0) is 4.79 Å². The number of benzene rings is 1. The van der Waals surface area contributed by atoms with Crippen LogP contribution in [0.15, 0.2) is 36.5 Å². The number of carbonyl (C=O) groups excluding carboxylic acids is 1. The van der Waals surface area contributed by atoms with Crippen molar-refractivity contribution in [1.82, 2.24) is 29.6 Å². The molecule has 34 heavy (non-hydrogen) atoms. The molecule has 0 atom stereocenters. The molecule has 178 valence electrons. The third kappa shape index (κ3) is 4.09. The molecule has 0 spiro atoms. The van der Waals surface area contributed by atoms with Gasteiger partial charge in [-0.1, -0.05) is 25.1 Å². The Kier molecular flexibility index (Phi) is 5.90. The maximum Gasteiger partial charge on any atom is 0.236 e. The minimum atomic E-state index is 0.233. The molecule has 3 aromatic heterocycles. The van der Waals surface area contributed by atoms with Gasteiger partial charge in [0.1, 0.15) is 0 Å². The van der Waals surface area contributed by atoms with Crippen LogP contribution in [0.4, 0.5) is 0 Å². The zero-order valence-electron chi connectivity index (χ0n) is 20.8. The van der Waals surface area contributed by atoms with E-state index in [0.717, 1.165) is 42.7 Å². The van der Waals surface area contributed by atoms with E-state index in [9.17, 15) is 4.79 Å². The van der Waals surface area contributed by atoms with Gasteiger partial charge >= 0.3 is 0 Å². The molecule has 1 N–H and O–H groups in total. The highest BCUT2D eigenvalue weighted by Crippen LogP contribution is 2.38. The van der Waals surface area contributed by atoms with Crippen LogP contribution >= 0.6 is 0 Å². The number of hydrogen-bond acceptors (Lipinski definition) is 4. The fourth-order valence-corrected chi connectivity index (χ4v) is 5.31. The third-order valence-electron chi connectivity index (χ3n) is 7.10. The molecule has 1 fully saturated rings. The number of nitrogens with zero attached hydrogens (tertiary/aromatic N) is 5. The van der Waals surface area contributed by atoms with Gasteiger partial charge in [0.15, 0.2) is 0 Å². The van der Waals surface area contributed by atoms with Gasteiger partial charge in [0.2, 0.25) is 5.91 Å². The van der Waals surface area contributed by atoms with Crippen LogP contribution in [0.5, 0.6) is 0 Å². The predicted octanol–water partition coefficient (Wildman–Crippen LogP) is 4.58. The Morgan fingerprint density at radius 2 is 1.94 bits per heavy atom. The van der Waals surface area contributed by atoms with Crippen LogP contribution in [0.2, 0.25) is 0 Å². The first-order valence-corrected chi connectivity index (χ1v) is 12.2. The first kappa shape index (κ1) is 22.6. The third-order valence-corrected chi connectivity index (χ3v) is 7.10. The van der Waals surface area contributed by atoms with Crippen LogP contribution in [0.3, 0.4) is 0 Å². The fourth-order valence-electron chi connectivity index (χ4n) is 5.31. The molecule has 0 saturated carbocycles. The molecule has 0 radical (unpaired) electrons. The van der Waals surface area contributed by atoms with Crippen molar-refractivity contribution in [2.45, 2.75) is 45.4 Å². The van der Waals surface area contributed by atoms with Crippen LogP contribution in [0, 0.1) is 6.92 Å². The summed E-state index contributed by atoms with van der Waals surface area (Å²) in [5.74, 6) is 1.10. The van der Waals surface area contributed by atoms with E-state index in [1.165, 1.54) is 27.7 Å². The van der Waals surface area contributed by atoms with Crippen LogP contribution in [0.25, 0.3) is 27.7 Å². The molecule has 0 unspecified atom stereocenters. The van der Waals surface area contributed by atoms with E-state index in [0.29, 0.717) is 18.4 Å². The Bertz CT molecular complexity index is 1340. The van der Waals surface area contributed by atoms with E-state index < -0.39 is 0 Å². The number of likely N-dealkylation sites (tertiary alicyclic amines) is 1. The lowest BCUT2D eigenvalue weighted by Crippen LogP contribution is -2.42. The second-order valence-electron chi connectivity index (χ2n) is 10.2. The van der Waals surface area contributed by atoms with Crippen molar-refractivity contribution in [1.29, 1.82) is 0 Å². The SMILES string of the molecule is Cc1nnn2ccc(-c3[nH]c4ccc(C5CCN(C(=O)CN(C)C)CC5)cc4c3C(C)C)cc12. The van der Waals surface area contributed by atoms with Crippen molar-refractivity contribution in [2.24, 2.45) is 0 Å². The second kappa shape index (κ2) is 8.87.